The Kier molecular flexibility index (Phi) is 6.15. The summed E-state index contributed by atoms with van der Waals surface area (Å²) in [4.78, 5) is 23.8. The van der Waals surface area contributed by atoms with Gasteiger partial charge in [-0.05, 0) is 50.1 Å². The Labute approximate surface area is 174 Å². The van der Waals surface area contributed by atoms with Crippen molar-refractivity contribution in [3.63, 3.8) is 0 Å². The van der Waals surface area contributed by atoms with Crippen molar-refractivity contribution in [3.8, 4) is 5.75 Å². The van der Waals surface area contributed by atoms with E-state index in [1.54, 1.807) is 37.8 Å². The Hall–Kier alpha value is -3.68. The average Bonchev–Trinajstić information content (AvgIpc) is 3.01. The highest BCUT2D eigenvalue weighted by atomic mass is 16.6. The Morgan fingerprint density at radius 1 is 1.20 bits per heavy atom. The lowest BCUT2D eigenvalue weighted by molar-refractivity contribution is -0.386. The number of hydrogen-bond acceptors (Lipinski definition) is 5. The number of hydrogen-bond donors (Lipinski definition) is 1. The molecule has 3 aromatic rings. The van der Waals surface area contributed by atoms with Crippen molar-refractivity contribution in [2.24, 2.45) is 0 Å². The predicted molar refractivity (Wildman–Crippen MR) is 113 cm³/mol. The van der Waals surface area contributed by atoms with Gasteiger partial charge in [0.2, 0.25) is 0 Å². The molecule has 1 atom stereocenters. The van der Waals surface area contributed by atoms with Crippen LogP contribution in [0.3, 0.4) is 0 Å². The maximum absolute atomic E-state index is 13.0. The van der Waals surface area contributed by atoms with Gasteiger partial charge in [-0.3, -0.25) is 19.6 Å². The monoisotopic (exact) mass is 408 g/mol. The summed E-state index contributed by atoms with van der Waals surface area (Å²) in [6.45, 7) is 5.44. The van der Waals surface area contributed by atoms with Gasteiger partial charge >= 0.3 is 5.69 Å². The average molecular weight is 408 g/mol. The zero-order valence-corrected chi connectivity index (χ0v) is 17.4. The molecule has 1 N–H and O–H groups in total. The molecule has 0 saturated heterocycles. The molecule has 1 amide bonds. The highest BCUT2D eigenvalue weighted by Gasteiger charge is 2.23. The lowest BCUT2D eigenvalue weighted by atomic mass is 10.0. The topological polar surface area (TPSA) is 99.3 Å². The number of ether oxygens (including phenoxy) is 1. The number of amides is 1. The van der Waals surface area contributed by atoms with Crippen molar-refractivity contribution in [2.75, 3.05) is 7.11 Å². The van der Waals surface area contributed by atoms with Crippen LogP contribution in [-0.4, -0.2) is 27.7 Å². The van der Waals surface area contributed by atoms with Gasteiger partial charge in [-0.15, -0.1) is 0 Å². The molecule has 8 nitrogen and oxygen atoms in total. The second kappa shape index (κ2) is 8.77. The predicted octanol–water partition coefficient (Wildman–Crippen LogP) is 3.96. The lowest BCUT2D eigenvalue weighted by Crippen LogP contribution is -2.28. The summed E-state index contributed by atoms with van der Waals surface area (Å²) in [6.07, 6.45) is 0. The number of aromatic nitrogens is 2. The number of methoxy groups -OCH3 is 1. The molecular formula is C22H24N4O4. The van der Waals surface area contributed by atoms with E-state index < -0.39 is 4.92 Å². The van der Waals surface area contributed by atoms with Gasteiger partial charge in [0, 0.05) is 5.56 Å². The Balaban J connectivity index is 1.81. The van der Waals surface area contributed by atoms with E-state index in [2.05, 4.69) is 10.4 Å². The van der Waals surface area contributed by atoms with Gasteiger partial charge in [0.15, 0.2) is 0 Å². The first-order valence-electron chi connectivity index (χ1n) is 9.53. The first-order valence-corrected chi connectivity index (χ1v) is 9.53. The summed E-state index contributed by atoms with van der Waals surface area (Å²) in [5, 5.41) is 18.6. The van der Waals surface area contributed by atoms with E-state index >= 15 is 0 Å². The quantitative estimate of drug-likeness (QED) is 0.471. The molecule has 0 unspecified atom stereocenters. The van der Waals surface area contributed by atoms with E-state index in [9.17, 15) is 14.9 Å². The maximum atomic E-state index is 13.0. The number of nitrogens with zero attached hydrogens (tertiary/aromatic N) is 3. The summed E-state index contributed by atoms with van der Waals surface area (Å²) in [5.41, 5.74) is 3.01. The van der Waals surface area contributed by atoms with Gasteiger partial charge in [-0.25, -0.2) is 0 Å². The Morgan fingerprint density at radius 2 is 1.87 bits per heavy atom. The van der Waals surface area contributed by atoms with Gasteiger partial charge in [0.25, 0.3) is 5.91 Å². The number of carbonyl (C=O) groups excluding carboxylic acids is 1. The number of carbonyl (C=O) groups is 1. The molecule has 8 heteroatoms. The van der Waals surface area contributed by atoms with Crippen LogP contribution in [0.5, 0.6) is 5.75 Å². The second-order valence-corrected chi connectivity index (χ2v) is 7.06. The third kappa shape index (κ3) is 4.32. The van der Waals surface area contributed by atoms with E-state index in [-0.39, 0.29) is 24.2 Å². The van der Waals surface area contributed by atoms with Crippen LogP contribution in [0.25, 0.3) is 0 Å². The summed E-state index contributed by atoms with van der Waals surface area (Å²) in [6, 6.07) is 14.5. The number of nitrogens with one attached hydrogen (secondary N) is 1. The van der Waals surface area contributed by atoms with Crippen molar-refractivity contribution in [1.82, 2.24) is 15.1 Å². The van der Waals surface area contributed by atoms with Gasteiger partial charge in [0.05, 0.1) is 24.6 Å². The molecule has 1 aromatic heterocycles. The summed E-state index contributed by atoms with van der Waals surface area (Å²) in [5.74, 6) is 0.534. The second-order valence-electron chi connectivity index (χ2n) is 7.06. The Bertz CT molecular complexity index is 1070. The number of nitro groups is 1. The largest absolute Gasteiger partial charge is 0.497 e. The first kappa shape index (κ1) is 21.0. The molecule has 1 heterocycles. The standard InChI is InChI=1S/C22H24N4O4/c1-14(17-9-11-19(30-4)12-10-17)23-22(27)20-8-6-5-7-18(20)13-25-16(3)21(26(28)29)15(2)24-25/h5-12,14H,13H2,1-4H3,(H,23,27)/t14-/m0/s1. The van der Waals surface area contributed by atoms with E-state index in [4.69, 9.17) is 4.74 Å². The van der Waals surface area contributed by atoms with Gasteiger partial charge in [-0.2, -0.15) is 5.10 Å². The van der Waals surface area contributed by atoms with E-state index in [1.807, 2.05) is 43.3 Å². The fourth-order valence-electron chi connectivity index (χ4n) is 3.40. The van der Waals surface area contributed by atoms with Gasteiger partial charge < -0.3 is 10.1 Å². The third-order valence-electron chi connectivity index (χ3n) is 5.07. The number of rotatable bonds is 7. The fraction of sp³-hybridized carbons (Fsp3) is 0.273. The van der Waals surface area contributed by atoms with Crippen molar-refractivity contribution in [2.45, 2.75) is 33.4 Å². The molecule has 0 bridgehead atoms. The molecule has 3 rings (SSSR count). The lowest BCUT2D eigenvalue weighted by Gasteiger charge is -2.17. The van der Waals surface area contributed by atoms with Crippen LogP contribution in [-0.2, 0) is 6.54 Å². The van der Waals surface area contributed by atoms with E-state index in [0.29, 0.717) is 17.0 Å². The molecule has 0 aliphatic carbocycles. The molecular weight excluding hydrogens is 384 g/mol. The SMILES string of the molecule is COc1ccc([C@H](C)NC(=O)c2ccccc2Cn2nc(C)c([N+](=O)[O-])c2C)cc1. The highest BCUT2D eigenvalue weighted by Crippen LogP contribution is 2.24. The molecule has 0 aliphatic heterocycles. The molecule has 156 valence electrons. The zero-order valence-electron chi connectivity index (χ0n) is 17.4. The van der Waals surface area contributed by atoms with Crippen LogP contribution in [0.15, 0.2) is 48.5 Å². The van der Waals surface area contributed by atoms with Crippen molar-refractivity contribution < 1.29 is 14.5 Å². The normalized spacial score (nSPS) is 11.7. The maximum Gasteiger partial charge on any atom is 0.312 e. The van der Waals surface area contributed by atoms with Crippen LogP contribution in [0.1, 0.15) is 45.8 Å². The van der Waals surface area contributed by atoms with Crippen molar-refractivity contribution in [3.05, 3.63) is 86.7 Å². The third-order valence-corrected chi connectivity index (χ3v) is 5.07. The van der Waals surface area contributed by atoms with Crippen LogP contribution < -0.4 is 10.1 Å². The minimum Gasteiger partial charge on any atom is -0.497 e. The molecule has 2 aromatic carbocycles. The minimum absolute atomic E-state index is 0.00469. The number of benzene rings is 2. The van der Waals surface area contributed by atoms with Crippen molar-refractivity contribution >= 4 is 11.6 Å². The summed E-state index contributed by atoms with van der Waals surface area (Å²) >= 11 is 0. The summed E-state index contributed by atoms with van der Waals surface area (Å²) in [7, 11) is 1.61. The van der Waals surface area contributed by atoms with E-state index in [0.717, 1.165) is 16.9 Å². The number of aryl methyl sites for hydroxylation is 1. The molecule has 30 heavy (non-hydrogen) atoms. The fourth-order valence-corrected chi connectivity index (χ4v) is 3.40. The van der Waals surface area contributed by atoms with Gasteiger partial charge in [-0.1, -0.05) is 30.3 Å². The smallest absolute Gasteiger partial charge is 0.312 e. The summed E-state index contributed by atoms with van der Waals surface area (Å²) < 4.78 is 6.73. The highest BCUT2D eigenvalue weighted by molar-refractivity contribution is 5.95. The Morgan fingerprint density at radius 3 is 2.47 bits per heavy atom. The van der Waals surface area contributed by atoms with Crippen molar-refractivity contribution in [1.29, 1.82) is 0 Å². The zero-order chi connectivity index (χ0) is 21.8. The van der Waals surface area contributed by atoms with Crippen LogP contribution >= 0.6 is 0 Å². The molecule has 0 saturated carbocycles. The first-order chi connectivity index (χ1) is 14.3. The van der Waals surface area contributed by atoms with Crippen LogP contribution in [0, 0.1) is 24.0 Å². The molecule has 0 spiro atoms. The molecule has 0 fully saturated rings. The minimum atomic E-state index is -0.427. The molecule has 0 radical (unpaired) electrons. The van der Waals surface area contributed by atoms with E-state index in [1.165, 1.54) is 0 Å². The van der Waals surface area contributed by atoms with Crippen LogP contribution in [0.2, 0.25) is 0 Å². The molecule has 0 aliphatic rings. The van der Waals surface area contributed by atoms with Crippen LogP contribution in [0.4, 0.5) is 5.69 Å². The van der Waals surface area contributed by atoms with Gasteiger partial charge in [0.1, 0.15) is 17.1 Å².